The lowest BCUT2D eigenvalue weighted by molar-refractivity contribution is 0.461. The zero-order chi connectivity index (χ0) is 13.2. The van der Waals surface area contributed by atoms with Crippen LogP contribution in [0.15, 0.2) is 12.3 Å². The largest absolute Gasteiger partial charge is 0.312 e. The standard InChI is InChI=1S/C15H29N3/c1-4-6-7-8-9-10-11-14(16-3)15-12-13-17-18(15)5-2/h12-14,16H,4-11H2,1-3H3. The number of nitrogens with zero attached hydrogens (tertiary/aromatic N) is 2. The van der Waals surface area contributed by atoms with Crippen LogP contribution in [0.4, 0.5) is 0 Å². The predicted octanol–water partition coefficient (Wildman–Crippen LogP) is 3.91. The SMILES string of the molecule is CCCCCCCCC(NC)c1ccnn1CC. The van der Waals surface area contributed by atoms with Gasteiger partial charge in [-0.25, -0.2) is 0 Å². The van der Waals surface area contributed by atoms with Crippen molar-refractivity contribution in [2.75, 3.05) is 7.05 Å². The molecule has 3 nitrogen and oxygen atoms in total. The summed E-state index contributed by atoms with van der Waals surface area (Å²) >= 11 is 0. The molecule has 0 aromatic carbocycles. The van der Waals surface area contributed by atoms with Crippen LogP contribution in [0.3, 0.4) is 0 Å². The van der Waals surface area contributed by atoms with Crippen LogP contribution in [0.1, 0.15) is 70.5 Å². The number of hydrogen-bond acceptors (Lipinski definition) is 2. The van der Waals surface area contributed by atoms with Gasteiger partial charge in [0.2, 0.25) is 0 Å². The van der Waals surface area contributed by atoms with Gasteiger partial charge < -0.3 is 5.32 Å². The van der Waals surface area contributed by atoms with Crippen LogP contribution in [0.5, 0.6) is 0 Å². The molecule has 0 saturated heterocycles. The van der Waals surface area contributed by atoms with Gasteiger partial charge in [-0.3, -0.25) is 4.68 Å². The maximum Gasteiger partial charge on any atom is 0.0553 e. The Balaban J connectivity index is 2.29. The average Bonchev–Trinajstić information content (AvgIpc) is 2.86. The highest BCUT2D eigenvalue weighted by Gasteiger charge is 2.12. The molecular formula is C15H29N3. The molecule has 1 aromatic rings. The molecule has 18 heavy (non-hydrogen) atoms. The zero-order valence-electron chi connectivity index (χ0n) is 12.3. The van der Waals surface area contributed by atoms with E-state index in [-0.39, 0.29) is 0 Å². The predicted molar refractivity (Wildman–Crippen MR) is 77.7 cm³/mol. The molecule has 0 amide bonds. The lowest BCUT2D eigenvalue weighted by Crippen LogP contribution is -2.20. The molecule has 0 bridgehead atoms. The third-order valence-electron chi connectivity index (χ3n) is 3.60. The van der Waals surface area contributed by atoms with Gasteiger partial charge in [-0.1, -0.05) is 45.4 Å². The number of nitrogens with one attached hydrogen (secondary N) is 1. The molecule has 1 rings (SSSR count). The van der Waals surface area contributed by atoms with Gasteiger partial charge in [-0.15, -0.1) is 0 Å². The number of rotatable bonds is 10. The highest BCUT2D eigenvalue weighted by Crippen LogP contribution is 2.19. The lowest BCUT2D eigenvalue weighted by atomic mass is 10.0. The van der Waals surface area contributed by atoms with Gasteiger partial charge in [0.05, 0.1) is 5.69 Å². The van der Waals surface area contributed by atoms with Crippen LogP contribution >= 0.6 is 0 Å². The van der Waals surface area contributed by atoms with Crippen LogP contribution < -0.4 is 5.32 Å². The van der Waals surface area contributed by atoms with E-state index in [0.29, 0.717) is 6.04 Å². The first-order valence-electron chi connectivity index (χ1n) is 7.52. The Labute approximate surface area is 112 Å². The Kier molecular flexibility index (Phi) is 7.74. The Morgan fingerprint density at radius 3 is 2.56 bits per heavy atom. The minimum Gasteiger partial charge on any atom is -0.312 e. The molecule has 0 saturated carbocycles. The molecule has 1 unspecified atom stereocenters. The lowest BCUT2D eigenvalue weighted by Gasteiger charge is -2.17. The second-order valence-electron chi connectivity index (χ2n) is 4.97. The topological polar surface area (TPSA) is 29.9 Å². The minimum atomic E-state index is 0.457. The molecule has 1 heterocycles. The maximum absolute atomic E-state index is 4.35. The summed E-state index contributed by atoms with van der Waals surface area (Å²) in [5.41, 5.74) is 1.33. The van der Waals surface area contributed by atoms with E-state index in [1.54, 1.807) is 0 Å². The van der Waals surface area contributed by atoms with Gasteiger partial charge in [0.1, 0.15) is 0 Å². The summed E-state index contributed by atoms with van der Waals surface area (Å²) in [7, 11) is 2.05. The van der Waals surface area contributed by atoms with Crippen molar-refractivity contribution in [1.29, 1.82) is 0 Å². The normalized spacial score (nSPS) is 12.8. The van der Waals surface area contributed by atoms with Gasteiger partial charge >= 0.3 is 0 Å². The van der Waals surface area contributed by atoms with E-state index >= 15 is 0 Å². The average molecular weight is 251 g/mol. The Bertz CT molecular complexity index is 306. The summed E-state index contributed by atoms with van der Waals surface area (Å²) in [6, 6.07) is 2.60. The highest BCUT2D eigenvalue weighted by atomic mass is 15.3. The first-order valence-corrected chi connectivity index (χ1v) is 7.52. The van der Waals surface area contributed by atoms with Gasteiger partial charge in [-0.2, -0.15) is 5.10 Å². The molecule has 104 valence electrons. The van der Waals surface area contributed by atoms with Crippen molar-refractivity contribution in [2.45, 2.75) is 71.4 Å². The molecule has 0 aliphatic carbocycles. The summed E-state index contributed by atoms with van der Waals surface area (Å²) in [5.74, 6) is 0. The van der Waals surface area contributed by atoms with Crippen molar-refractivity contribution < 1.29 is 0 Å². The summed E-state index contributed by atoms with van der Waals surface area (Å²) in [6.45, 7) is 5.37. The van der Waals surface area contributed by atoms with Crippen LogP contribution in [-0.2, 0) is 6.54 Å². The summed E-state index contributed by atoms with van der Waals surface area (Å²) in [4.78, 5) is 0. The third kappa shape index (κ3) is 4.81. The zero-order valence-corrected chi connectivity index (χ0v) is 12.3. The van der Waals surface area contributed by atoms with Crippen LogP contribution in [0.25, 0.3) is 0 Å². The fourth-order valence-electron chi connectivity index (χ4n) is 2.47. The monoisotopic (exact) mass is 251 g/mol. The van der Waals surface area contributed by atoms with E-state index in [4.69, 9.17) is 0 Å². The van der Waals surface area contributed by atoms with Crippen LogP contribution in [0.2, 0.25) is 0 Å². The number of unbranched alkanes of at least 4 members (excludes halogenated alkanes) is 5. The fourth-order valence-corrected chi connectivity index (χ4v) is 2.47. The highest BCUT2D eigenvalue weighted by molar-refractivity contribution is 5.06. The maximum atomic E-state index is 4.35. The Morgan fingerprint density at radius 2 is 1.89 bits per heavy atom. The molecule has 0 aliphatic heterocycles. The third-order valence-corrected chi connectivity index (χ3v) is 3.60. The molecule has 0 aliphatic rings. The van der Waals surface area contributed by atoms with Crippen molar-refractivity contribution in [3.8, 4) is 0 Å². The van der Waals surface area contributed by atoms with E-state index in [1.165, 1.54) is 50.6 Å². The Hall–Kier alpha value is -0.830. The molecule has 0 spiro atoms. The van der Waals surface area contributed by atoms with Crippen LogP contribution in [-0.4, -0.2) is 16.8 Å². The summed E-state index contributed by atoms with van der Waals surface area (Å²) < 4.78 is 2.10. The van der Waals surface area contributed by atoms with E-state index in [2.05, 4.69) is 42.1 Å². The summed E-state index contributed by atoms with van der Waals surface area (Å²) in [6.07, 6.45) is 11.3. The van der Waals surface area contributed by atoms with Crippen molar-refractivity contribution in [3.63, 3.8) is 0 Å². The molecule has 0 fully saturated rings. The number of aromatic nitrogens is 2. The second kappa shape index (κ2) is 9.15. The van der Waals surface area contributed by atoms with Gasteiger partial charge in [-0.05, 0) is 26.5 Å². The van der Waals surface area contributed by atoms with Gasteiger partial charge in [0.15, 0.2) is 0 Å². The van der Waals surface area contributed by atoms with Gasteiger partial charge in [0, 0.05) is 18.8 Å². The van der Waals surface area contributed by atoms with E-state index in [9.17, 15) is 0 Å². The van der Waals surface area contributed by atoms with Gasteiger partial charge in [0.25, 0.3) is 0 Å². The first kappa shape index (κ1) is 15.2. The molecule has 1 aromatic heterocycles. The number of aryl methyl sites for hydroxylation is 1. The molecule has 1 atom stereocenters. The quantitative estimate of drug-likeness (QED) is 0.639. The fraction of sp³-hybridized carbons (Fsp3) is 0.800. The van der Waals surface area contributed by atoms with E-state index in [0.717, 1.165) is 6.54 Å². The molecule has 3 heteroatoms. The molecule has 1 N–H and O–H groups in total. The minimum absolute atomic E-state index is 0.457. The smallest absolute Gasteiger partial charge is 0.0553 e. The second-order valence-corrected chi connectivity index (χ2v) is 4.97. The van der Waals surface area contributed by atoms with Crippen molar-refractivity contribution in [1.82, 2.24) is 15.1 Å². The van der Waals surface area contributed by atoms with E-state index < -0.39 is 0 Å². The van der Waals surface area contributed by atoms with Crippen LogP contribution in [0, 0.1) is 0 Å². The molecular weight excluding hydrogens is 222 g/mol. The van der Waals surface area contributed by atoms with Crippen molar-refractivity contribution >= 4 is 0 Å². The Morgan fingerprint density at radius 1 is 1.17 bits per heavy atom. The number of hydrogen-bond donors (Lipinski definition) is 1. The van der Waals surface area contributed by atoms with E-state index in [1.807, 2.05) is 6.20 Å². The molecule has 0 radical (unpaired) electrons. The first-order chi connectivity index (χ1) is 8.83. The summed E-state index contributed by atoms with van der Waals surface area (Å²) in [5, 5.41) is 7.77. The van der Waals surface area contributed by atoms with Crippen molar-refractivity contribution in [2.24, 2.45) is 0 Å². The van der Waals surface area contributed by atoms with Crippen molar-refractivity contribution in [3.05, 3.63) is 18.0 Å².